The summed E-state index contributed by atoms with van der Waals surface area (Å²) in [4.78, 5) is 14.7. The van der Waals surface area contributed by atoms with Gasteiger partial charge in [0.15, 0.2) is 11.5 Å². The van der Waals surface area contributed by atoms with E-state index in [0.29, 0.717) is 6.07 Å². The number of benzene rings is 2. The van der Waals surface area contributed by atoms with Crippen LogP contribution in [0.1, 0.15) is 15.9 Å². The Morgan fingerprint density at radius 3 is 2.23 bits per heavy atom. The quantitative estimate of drug-likeness (QED) is 0.570. The number of hydrogen-bond acceptors (Lipinski definition) is 6. The molecular weight excluding hydrogens is 427 g/mol. The molecule has 1 N–H and O–H groups in total. The molecule has 0 amide bonds. The highest BCUT2D eigenvalue weighted by Gasteiger charge is 2.36. The van der Waals surface area contributed by atoms with Crippen LogP contribution >= 0.6 is 0 Å². The Balaban J connectivity index is 1.91. The van der Waals surface area contributed by atoms with Crippen LogP contribution in [-0.4, -0.2) is 24.5 Å². The second kappa shape index (κ2) is 8.03. The van der Waals surface area contributed by atoms with E-state index < -0.39 is 39.1 Å². The predicted molar refractivity (Wildman–Crippen MR) is 97.0 cm³/mol. The molecule has 1 heterocycles. The Hall–Kier alpha value is -3.60. The van der Waals surface area contributed by atoms with Crippen molar-refractivity contribution in [1.82, 2.24) is 4.98 Å². The Kier molecular flexibility index (Phi) is 5.65. The number of nitrogens with zero attached hydrogens (tertiary/aromatic N) is 1. The molecule has 0 saturated carbocycles. The first-order valence-electron chi connectivity index (χ1n) is 8.14. The molecule has 30 heavy (non-hydrogen) atoms. The zero-order valence-electron chi connectivity index (χ0n) is 14.8. The highest BCUT2D eigenvalue weighted by molar-refractivity contribution is 7.87. The fourth-order valence-corrected chi connectivity index (χ4v) is 3.32. The molecular formula is C19H12F3NO6S. The van der Waals surface area contributed by atoms with Crippen molar-refractivity contribution < 1.29 is 40.4 Å². The predicted octanol–water partition coefficient (Wildman–Crippen LogP) is 4.36. The number of rotatable bonds is 6. The van der Waals surface area contributed by atoms with Crippen molar-refractivity contribution in [3.8, 4) is 17.2 Å². The first kappa shape index (κ1) is 21.1. The number of hydrogen-bond donors (Lipinski definition) is 1. The number of carbonyl (C=O) groups is 1. The topological polar surface area (TPSA) is 103 Å². The summed E-state index contributed by atoms with van der Waals surface area (Å²) >= 11 is 0. The van der Waals surface area contributed by atoms with E-state index >= 15 is 0 Å². The normalized spacial score (nSPS) is 11.7. The zero-order valence-corrected chi connectivity index (χ0v) is 15.6. The Morgan fingerprint density at radius 1 is 0.967 bits per heavy atom. The molecule has 11 heteroatoms. The van der Waals surface area contributed by atoms with Crippen LogP contribution in [0.5, 0.6) is 17.2 Å². The molecule has 0 fully saturated rings. The lowest BCUT2D eigenvalue weighted by Crippen LogP contribution is -2.11. The smallest absolute Gasteiger partial charge is 0.420 e. The summed E-state index contributed by atoms with van der Waals surface area (Å²) in [5, 5.41) is 9.18. The summed E-state index contributed by atoms with van der Waals surface area (Å²) in [6.07, 6.45) is -2.24. The minimum Gasteiger partial charge on any atom is -0.478 e. The third-order valence-electron chi connectivity index (χ3n) is 3.72. The van der Waals surface area contributed by atoms with Gasteiger partial charge in [-0.2, -0.15) is 21.6 Å². The molecule has 0 unspecified atom stereocenters. The highest BCUT2D eigenvalue weighted by atomic mass is 32.2. The minimum absolute atomic E-state index is 0.0250. The van der Waals surface area contributed by atoms with Gasteiger partial charge in [-0.15, -0.1) is 0 Å². The average Bonchev–Trinajstić information content (AvgIpc) is 2.68. The summed E-state index contributed by atoms with van der Waals surface area (Å²) in [5.41, 5.74) is -1.97. The molecule has 7 nitrogen and oxygen atoms in total. The lowest BCUT2D eigenvalue weighted by Gasteiger charge is -2.16. The molecule has 0 radical (unpaired) electrons. The van der Waals surface area contributed by atoms with Crippen molar-refractivity contribution in [2.45, 2.75) is 11.1 Å². The average molecular weight is 439 g/mol. The maximum absolute atomic E-state index is 13.2. The minimum atomic E-state index is -4.86. The number of aromatic carboxylic acids is 1. The standard InChI is InChI=1S/C19H12F3NO6S/c20-19(21,22)16-5-1-4-15(18(24)25)17(16)28-12-6-8-14(9-7-12)30(26,27)29-13-3-2-10-23-11-13/h1-11H,(H,24,25). The monoisotopic (exact) mass is 439 g/mol. The van der Waals surface area contributed by atoms with Crippen molar-refractivity contribution in [3.05, 3.63) is 78.1 Å². The number of alkyl halides is 3. The van der Waals surface area contributed by atoms with Gasteiger partial charge in [-0.1, -0.05) is 6.07 Å². The first-order valence-corrected chi connectivity index (χ1v) is 9.55. The van der Waals surface area contributed by atoms with Crippen molar-refractivity contribution in [1.29, 1.82) is 0 Å². The number of carboxylic acid groups (broad SMARTS) is 1. The van der Waals surface area contributed by atoms with Gasteiger partial charge >= 0.3 is 22.3 Å². The molecule has 0 aliphatic carbocycles. The molecule has 156 valence electrons. The second-order valence-corrected chi connectivity index (χ2v) is 7.33. The summed E-state index contributed by atoms with van der Waals surface area (Å²) in [6, 6.07) is 9.72. The molecule has 3 rings (SSSR count). The lowest BCUT2D eigenvalue weighted by atomic mass is 10.1. The molecule has 0 saturated heterocycles. The third-order valence-corrected chi connectivity index (χ3v) is 4.98. The van der Waals surface area contributed by atoms with Gasteiger partial charge in [0.25, 0.3) is 0 Å². The van der Waals surface area contributed by atoms with E-state index in [1.807, 2.05) is 0 Å². The van der Waals surface area contributed by atoms with E-state index in [0.717, 1.165) is 36.4 Å². The number of pyridine rings is 1. The first-order chi connectivity index (χ1) is 14.1. The van der Waals surface area contributed by atoms with Crippen molar-refractivity contribution >= 4 is 16.1 Å². The Labute approximate surface area is 168 Å². The van der Waals surface area contributed by atoms with E-state index in [9.17, 15) is 31.5 Å². The van der Waals surface area contributed by atoms with Crippen LogP contribution in [-0.2, 0) is 16.3 Å². The van der Waals surface area contributed by atoms with Crippen LogP contribution in [0.4, 0.5) is 13.2 Å². The van der Waals surface area contributed by atoms with Crippen LogP contribution in [0.15, 0.2) is 71.9 Å². The van der Waals surface area contributed by atoms with Gasteiger partial charge in [-0.25, -0.2) is 4.79 Å². The van der Waals surface area contributed by atoms with Crippen LogP contribution in [0.25, 0.3) is 0 Å². The van der Waals surface area contributed by atoms with E-state index in [4.69, 9.17) is 8.92 Å². The number of aromatic nitrogens is 1. The van der Waals surface area contributed by atoms with Crippen LogP contribution in [0, 0.1) is 0 Å². The molecule has 0 bridgehead atoms. The molecule has 0 aliphatic heterocycles. The molecule has 2 aromatic carbocycles. The van der Waals surface area contributed by atoms with Crippen LogP contribution in [0.3, 0.4) is 0 Å². The van der Waals surface area contributed by atoms with Gasteiger partial charge < -0.3 is 14.0 Å². The van der Waals surface area contributed by atoms with Crippen molar-refractivity contribution in [2.75, 3.05) is 0 Å². The number of para-hydroxylation sites is 1. The lowest BCUT2D eigenvalue weighted by molar-refractivity contribution is -0.138. The molecule has 1 aromatic heterocycles. The fraction of sp³-hybridized carbons (Fsp3) is 0.0526. The van der Waals surface area contributed by atoms with Gasteiger partial charge in [-0.05, 0) is 48.5 Å². The Morgan fingerprint density at radius 2 is 1.67 bits per heavy atom. The van der Waals surface area contributed by atoms with E-state index in [1.165, 1.54) is 24.5 Å². The summed E-state index contributed by atoms with van der Waals surface area (Å²) in [6.45, 7) is 0. The summed E-state index contributed by atoms with van der Waals surface area (Å²) in [7, 11) is -4.23. The largest absolute Gasteiger partial charge is 0.478 e. The molecule has 0 spiro atoms. The van der Waals surface area contributed by atoms with Gasteiger partial charge in [0.05, 0.1) is 11.8 Å². The molecule has 0 atom stereocenters. The molecule has 3 aromatic rings. The SMILES string of the molecule is O=C(O)c1cccc(C(F)(F)F)c1Oc1ccc(S(=O)(=O)Oc2cccnc2)cc1. The van der Waals surface area contributed by atoms with Gasteiger partial charge in [-0.3, -0.25) is 4.98 Å². The summed E-state index contributed by atoms with van der Waals surface area (Å²) in [5.74, 6) is -2.74. The highest BCUT2D eigenvalue weighted by Crippen LogP contribution is 2.40. The number of halogens is 3. The van der Waals surface area contributed by atoms with Gasteiger partial charge in [0, 0.05) is 6.20 Å². The molecule has 0 aliphatic rings. The maximum atomic E-state index is 13.2. The maximum Gasteiger partial charge on any atom is 0.420 e. The number of ether oxygens (including phenoxy) is 1. The van der Waals surface area contributed by atoms with Gasteiger partial charge in [0.1, 0.15) is 16.2 Å². The van der Waals surface area contributed by atoms with Crippen molar-refractivity contribution in [3.63, 3.8) is 0 Å². The van der Waals surface area contributed by atoms with Crippen LogP contribution in [0.2, 0.25) is 0 Å². The summed E-state index contributed by atoms with van der Waals surface area (Å²) < 4.78 is 74.4. The second-order valence-electron chi connectivity index (χ2n) is 5.78. The zero-order chi connectivity index (χ0) is 21.9. The van der Waals surface area contributed by atoms with Crippen LogP contribution < -0.4 is 8.92 Å². The van der Waals surface area contributed by atoms with Gasteiger partial charge in [0.2, 0.25) is 0 Å². The van der Waals surface area contributed by atoms with Crippen molar-refractivity contribution in [2.24, 2.45) is 0 Å². The third kappa shape index (κ3) is 4.69. The van der Waals surface area contributed by atoms with E-state index in [2.05, 4.69) is 4.98 Å². The van der Waals surface area contributed by atoms with E-state index in [-0.39, 0.29) is 16.4 Å². The fourth-order valence-electron chi connectivity index (χ4n) is 2.40. The number of carboxylic acids is 1. The Bertz CT molecular complexity index is 1160. The van der Waals surface area contributed by atoms with E-state index in [1.54, 1.807) is 0 Å².